The molecule has 0 unspecified atom stereocenters. The lowest BCUT2D eigenvalue weighted by Gasteiger charge is -2.32. The molecular formula is C14H12N2O5. The van der Waals surface area contributed by atoms with E-state index in [-0.39, 0.29) is 30.0 Å². The Bertz CT molecular complexity index is 635. The minimum absolute atomic E-state index is 0.132. The first-order valence-electron chi connectivity index (χ1n) is 6.10. The van der Waals surface area contributed by atoms with Crippen molar-refractivity contribution in [1.82, 2.24) is 4.90 Å². The number of carbonyl (C=O) groups excluding carboxylic acids is 4. The van der Waals surface area contributed by atoms with E-state index in [9.17, 15) is 19.2 Å². The third kappa shape index (κ3) is 2.40. The Morgan fingerprint density at radius 3 is 2.29 bits per heavy atom. The van der Waals surface area contributed by atoms with Crippen LogP contribution in [0, 0.1) is 0 Å². The first kappa shape index (κ1) is 14.4. The number of carbonyl (C=O) groups is 4. The zero-order valence-corrected chi connectivity index (χ0v) is 11.2. The average Bonchev–Trinajstić information content (AvgIpc) is 2.48. The summed E-state index contributed by atoms with van der Waals surface area (Å²) in [4.78, 5) is 48.1. The monoisotopic (exact) mass is 288 g/mol. The molecule has 7 nitrogen and oxygen atoms in total. The first-order valence-corrected chi connectivity index (χ1v) is 6.10. The molecule has 0 aliphatic carbocycles. The van der Waals surface area contributed by atoms with Gasteiger partial charge in [0.1, 0.15) is 5.75 Å². The summed E-state index contributed by atoms with van der Waals surface area (Å²) in [5.74, 6) is -1.18. The van der Waals surface area contributed by atoms with Crippen molar-refractivity contribution in [1.29, 1.82) is 0 Å². The topological polar surface area (TPSA) is 84.0 Å². The molecular weight excluding hydrogens is 276 g/mol. The number of nitrogens with zero attached hydrogens (tertiary/aromatic N) is 2. The molecule has 0 spiro atoms. The molecule has 1 fully saturated rings. The number of hydrogen-bond donors (Lipinski definition) is 0. The van der Waals surface area contributed by atoms with Gasteiger partial charge in [0, 0.05) is 6.54 Å². The van der Waals surface area contributed by atoms with Crippen LogP contribution in [0.1, 0.15) is 6.92 Å². The molecule has 21 heavy (non-hydrogen) atoms. The number of urea groups is 1. The van der Waals surface area contributed by atoms with E-state index in [4.69, 9.17) is 0 Å². The maximum absolute atomic E-state index is 12.2. The van der Waals surface area contributed by atoms with Crippen molar-refractivity contribution in [3.8, 4) is 5.75 Å². The Balaban J connectivity index is 2.38. The van der Waals surface area contributed by atoms with Gasteiger partial charge in [0.05, 0.1) is 11.3 Å². The van der Waals surface area contributed by atoms with Crippen molar-refractivity contribution in [3.05, 3.63) is 36.4 Å². The summed E-state index contributed by atoms with van der Waals surface area (Å²) in [6, 6.07) is 5.00. The lowest BCUT2D eigenvalue weighted by molar-refractivity contribution is -0.129. The third-order valence-electron chi connectivity index (χ3n) is 2.98. The van der Waals surface area contributed by atoms with Crippen molar-refractivity contribution in [2.45, 2.75) is 6.92 Å². The summed E-state index contributed by atoms with van der Waals surface area (Å²) < 4.78 is 4.63. The van der Waals surface area contributed by atoms with Gasteiger partial charge in [-0.2, -0.15) is 0 Å². The largest absolute Gasteiger partial charge is 0.429 e. The highest BCUT2D eigenvalue weighted by molar-refractivity contribution is 6.37. The van der Waals surface area contributed by atoms with Crippen LogP contribution in [0.2, 0.25) is 0 Å². The first-order chi connectivity index (χ1) is 10.0. The lowest BCUT2D eigenvalue weighted by atomic mass is 10.1. The summed E-state index contributed by atoms with van der Waals surface area (Å²) >= 11 is 0. The Morgan fingerprint density at radius 1 is 1.14 bits per heavy atom. The Hall–Kier alpha value is -2.96. The van der Waals surface area contributed by atoms with Crippen LogP contribution in [0.5, 0.6) is 5.75 Å². The maximum Gasteiger partial charge on any atom is 0.338 e. The molecule has 0 bridgehead atoms. The minimum Gasteiger partial charge on any atom is -0.429 e. The second kappa shape index (κ2) is 5.58. The van der Waals surface area contributed by atoms with E-state index in [1.807, 2.05) is 0 Å². The van der Waals surface area contributed by atoms with Gasteiger partial charge in [-0.25, -0.2) is 9.69 Å². The summed E-state index contributed by atoms with van der Waals surface area (Å²) in [5, 5.41) is 0. The molecule has 1 saturated heterocycles. The number of ether oxygens (including phenoxy) is 1. The van der Waals surface area contributed by atoms with Gasteiger partial charge in [0.25, 0.3) is 18.3 Å². The molecule has 1 aliphatic heterocycles. The van der Waals surface area contributed by atoms with Crippen molar-refractivity contribution < 1.29 is 23.9 Å². The number of rotatable bonds is 4. The van der Waals surface area contributed by atoms with Crippen LogP contribution in [-0.4, -0.2) is 35.8 Å². The summed E-state index contributed by atoms with van der Waals surface area (Å²) in [6.45, 7) is 5.45. The van der Waals surface area contributed by atoms with Crippen LogP contribution in [0.25, 0.3) is 0 Å². The fraction of sp³-hybridized carbons (Fsp3) is 0.143. The molecule has 1 heterocycles. The Labute approximate surface area is 120 Å². The van der Waals surface area contributed by atoms with E-state index in [0.717, 1.165) is 9.80 Å². The molecule has 1 aliphatic rings. The third-order valence-corrected chi connectivity index (χ3v) is 2.98. The number of barbiturate groups is 1. The summed E-state index contributed by atoms with van der Waals surface area (Å²) in [5.41, 5.74) is -0.0139. The smallest absolute Gasteiger partial charge is 0.338 e. The number of imide groups is 2. The molecule has 7 heteroatoms. The predicted octanol–water partition coefficient (Wildman–Crippen LogP) is 1.09. The summed E-state index contributed by atoms with van der Waals surface area (Å²) in [6.07, 6.45) is 0. The average molecular weight is 288 g/mol. The molecule has 108 valence electrons. The second-order valence-electron chi connectivity index (χ2n) is 4.16. The highest BCUT2D eigenvalue weighted by atomic mass is 16.5. The van der Waals surface area contributed by atoms with Gasteiger partial charge in [-0.15, -0.1) is 0 Å². The number of hydrogen-bond acceptors (Lipinski definition) is 5. The van der Waals surface area contributed by atoms with Gasteiger partial charge in [0.15, 0.2) is 0 Å². The number of benzene rings is 1. The number of likely N-dealkylation sites (N-methyl/N-ethyl adjacent to an activating group) is 1. The lowest BCUT2D eigenvalue weighted by Crippen LogP contribution is -2.56. The molecule has 0 radical (unpaired) electrons. The minimum atomic E-state index is -0.765. The number of amides is 4. The van der Waals surface area contributed by atoms with Gasteiger partial charge in [0.2, 0.25) is 0 Å². The van der Waals surface area contributed by atoms with Gasteiger partial charge >= 0.3 is 6.03 Å². The van der Waals surface area contributed by atoms with E-state index in [2.05, 4.69) is 11.3 Å². The summed E-state index contributed by atoms with van der Waals surface area (Å²) in [7, 11) is 0. The SMILES string of the molecule is C=C1C(=O)N(CC)C(=O)N(c2ccc(OC=O)cc2)C1=O. The molecule has 0 atom stereocenters. The van der Waals surface area contributed by atoms with Crippen LogP contribution in [0.4, 0.5) is 10.5 Å². The second-order valence-corrected chi connectivity index (χ2v) is 4.16. The molecule has 1 aromatic carbocycles. The standard InChI is InChI=1S/C14H12N2O5/c1-3-15-12(18)9(2)13(19)16(14(15)20)10-4-6-11(7-5-10)21-8-17/h4-8H,2-3H2,1H3. The fourth-order valence-corrected chi connectivity index (χ4v) is 1.92. The fourth-order valence-electron chi connectivity index (χ4n) is 1.92. The number of anilines is 1. The highest BCUT2D eigenvalue weighted by Crippen LogP contribution is 2.25. The highest BCUT2D eigenvalue weighted by Gasteiger charge is 2.40. The molecule has 0 aromatic heterocycles. The van der Waals surface area contributed by atoms with Crippen LogP contribution >= 0.6 is 0 Å². The predicted molar refractivity (Wildman–Crippen MR) is 72.5 cm³/mol. The van der Waals surface area contributed by atoms with Crippen LogP contribution < -0.4 is 9.64 Å². The van der Waals surface area contributed by atoms with Crippen molar-refractivity contribution >= 4 is 30.0 Å². The van der Waals surface area contributed by atoms with E-state index in [1.54, 1.807) is 6.92 Å². The van der Waals surface area contributed by atoms with Crippen LogP contribution in [0.15, 0.2) is 36.4 Å². The van der Waals surface area contributed by atoms with E-state index in [1.165, 1.54) is 24.3 Å². The van der Waals surface area contributed by atoms with Crippen LogP contribution in [-0.2, 0) is 14.4 Å². The van der Waals surface area contributed by atoms with Gasteiger partial charge < -0.3 is 4.74 Å². The van der Waals surface area contributed by atoms with Crippen molar-refractivity contribution in [2.24, 2.45) is 0 Å². The van der Waals surface area contributed by atoms with Crippen molar-refractivity contribution in [2.75, 3.05) is 11.4 Å². The van der Waals surface area contributed by atoms with Gasteiger partial charge in [-0.1, -0.05) is 6.58 Å². The molecule has 4 amide bonds. The van der Waals surface area contributed by atoms with E-state index in [0.29, 0.717) is 0 Å². The zero-order chi connectivity index (χ0) is 15.6. The zero-order valence-electron chi connectivity index (χ0n) is 11.2. The van der Waals surface area contributed by atoms with E-state index < -0.39 is 17.8 Å². The van der Waals surface area contributed by atoms with Crippen LogP contribution in [0.3, 0.4) is 0 Å². The molecule has 2 rings (SSSR count). The molecule has 0 saturated carbocycles. The Kier molecular flexibility index (Phi) is 3.84. The van der Waals surface area contributed by atoms with E-state index >= 15 is 0 Å². The quantitative estimate of drug-likeness (QED) is 0.470. The maximum atomic E-state index is 12.2. The van der Waals surface area contributed by atoms with Gasteiger partial charge in [-0.3, -0.25) is 19.3 Å². The Morgan fingerprint density at radius 2 is 1.76 bits per heavy atom. The van der Waals surface area contributed by atoms with Crippen molar-refractivity contribution in [3.63, 3.8) is 0 Å². The molecule has 1 aromatic rings. The molecule has 0 N–H and O–H groups in total. The van der Waals surface area contributed by atoms with Gasteiger partial charge in [-0.05, 0) is 31.2 Å². The normalized spacial score (nSPS) is 15.5.